The fourth-order valence-corrected chi connectivity index (χ4v) is 3.36. The lowest BCUT2D eigenvalue weighted by Gasteiger charge is -2.40. The summed E-state index contributed by atoms with van der Waals surface area (Å²) in [6.07, 6.45) is 1.21. The average Bonchev–Trinajstić information content (AvgIpc) is 2.62. The van der Waals surface area contributed by atoms with Gasteiger partial charge in [0.05, 0.1) is 0 Å². The molecule has 0 aliphatic carbocycles. The molecule has 0 bridgehead atoms. The van der Waals surface area contributed by atoms with Crippen molar-refractivity contribution in [3.63, 3.8) is 0 Å². The van der Waals surface area contributed by atoms with Crippen LogP contribution in [0.15, 0.2) is 24.3 Å². The fraction of sp³-hybridized carbons (Fsp3) is 0.647. The van der Waals surface area contributed by atoms with Crippen LogP contribution in [0.3, 0.4) is 0 Å². The second-order valence-electron chi connectivity index (χ2n) is 7.20. The van der Waals surface area contributed by atoms with Gasteiger partial charge in [0, 0.05) is 23.8 Å². The van der Waals surface area contributed by atoms with Crippen LogP contribution in [0, 0.1) is 0 Å². The third-order valence-corrected chi connectivity index (χ3v) is 4.54. The predicted molar refractivity (Wildman–Crippen MR) is 84.0 cm³/mol. The summed E-state index contributed by atoms with van der Waals surface area (Å²) in [5.74, 6) is 0. The van der Waals surface area contributed by atoms with Crippen molar-refractivity contribution in [3.05, 3.63) is 29.8 Å². The molecule has 0 spiro atoms. The molecule has 1 unspecified atom stereocenters. The molecule has 106 valence electrons. The van der Waals surface area contributed by atoms with E-state index in [0.717, 1.165) is 6.54 Å². The van der Waals surface area contributed by atoms with Gasteiger partial charge < -0.3 is 10.2 Å². The monoisotopic (exact) mass is 260 g/mol. The van der Waals surface area contributed by atoms with Gasteiger partial charge in [0.2, 0.25) is 0 Å². The van der Waals surface area contributed by atoms with Crippen LogP contribution in [0.2, 0.25) is 0 Å². The number of hydrogen-bond donors (Lipinski definition) is 1. The van der Waals surface area contributed by atoms with Crippen molar-refractivity contribution in [2.24, 2.45) is 0 Å². The van der Waals surface area contributed by atoms with Gasteiger partial charge in [-0.1, -0.05) is 39.0 Å². The number of rotatable bonds is 2. The van der Waals surface area contributed by atoms with Crippen molar-refractivity contribution in [2.45, 2.75) is 58.0 Å². The molecule has 1 aliphatic rings. The maximum Gasteiger partial charge on any atom is 0.0499 e. The molecule has 0 aromatic heterocycles. The Morgan fingerprint density at radius 3 is 2.37 bits per heavy atom. The van der Waals surface area contributed by atoms with Gasteiger partial charge in [-0.05, 0) is 44.4 Å². The summed E-state index contributed by atoms with van der Waals surface area (Å²) in [5, 5.41) is 3.47. The molecule has 1 heterocycles. The summed E-state index contributed by atoms with van der Waals surface area (Å²) in [7, 11) is 2.07. The highest BCUT2D eigenvalue weighted by Gasteiger charge is 2.41. The zero-order valence-electron chi connectivity index (χ0n) is 13.2. The normalized spacial score (nSPS) is 22.8. The highest BCUT2D eigenvalue weighted by Crippen LogP contribution is 2.39. The molecule has 2 heteroatoms. The lowest BCUT2D eigenvalue weighted by atomic mass is 9.84. The Morgan fingerprint density at radius 1 is 1.21 bits per heavy atom. The Kier molecular flexibility index (Phi) is 3.65. The number of para-hydroxylation sites is 1. The number of nitrogens with zero attached hydrogens (tertiary/aromatic N) is 1. The van der Waals surface area contributed by atoms with Crippen LogP contribution >= 0.6 is 0 Å². The molecule has 19 heavy (non-hydrogen) atoms. The maximum absolute atomic E-state index is 3.47. The first kappa shape index (κ1) is 14.4. The first-order valence-electron chi connectivity index (χ1n) is 7.33. The standard InChI is InChI=1S/C17H28N2/c1-16(2,3)13-9-7-8-10-14(13)19-12-11-15(18-6)17(19,4)5/h7-10,15,18H,11-12H2,1-6H3. The second kappa shape index (κ2) is 4.82. The van der Waals surface area contributed by atoms with Crippen LogP contribution in [0.1, 0.15) is 46.6 Å². The Hall–Kier alpha value is -1.02. The highest BCUT2D eigenvalue weighted by molar-refractivity contribution is 5.59. The smallest absolute Gasteiger partial charge is 0.0499 e. The molecular formula is C17H28N2. The van der Waals surface area contributed by atoms with Gasteiger partial charge in [-0.2, -0.15) is 0 Å². The molecule has 1 saturated heterocycles. The van der Waals surface area contributed by atoms with Gasteiger partial charge in [-0.25, -0.2) is 0 Å². The molecule has 1 N–H and O–H groups in total. The van der Waals surface area contributed by atoms with Gasteiger partial charge in [-0.3, -0.25) is 0 Å². The Labute approximate surface area is 118 Å². The third-order valence-electron chi connectivity index (χ3n) is 4.54. The van der Waals surface area contributed by atoms with E-state index in [1.54, 1.807) is 0 Å². The van der Waals surface area contributed by atoms with Crippen LogP contribution in [-0.2, 0) is 5.41 Å². The number of likely N-dealkylation sites (N-methyl/N-ethyl adjacent to an activating group) is 1. The second-order valence-corrected chi connectivity index (χ2v) is 7.20. The van der Waals surface area contributed by atoms with Crippen molar-refractivity contribution in [3.8, 4) is 0 Å². The third kappa shape index (κ3) is 2.51. The van der Waals surface area contributed by atoms with Gasteiger partial charge >= 0.3 is 0 Å². The zero-order valence-corrected chi connectivity index (χ0v) is 13.2. The summed E-state index contributed by atoms with van der Waals surface area (Å²) < 4.78 is 0. The van der Waals surface area contributed by atoms with Gasteiger partial charge in [-0.15, -0.1) is 0 Å². The van der Waals surface area contributed by atoms with E-state index in [9.17, 15) is 0 Å². The summed E-state index contributed by atoms with van der Waals surface area (Å²) in [4.78, 5) is 2.58. The van der Waals surface area contributed by atoms with E-state index in [0.29, 0.717) is 6.04 Å². The van der Waals surface area contributed by atoms with Crippen molar-refractivity contribution in [1.29, 1.82) is 0 Å². The van der Waals surface area contributed by atoms with E-state index in [-0.39, 0.29) is 11.0 Å². The molecule has 0 saturated carbocycles. The minimum atomic E-state index is 0.163. The average molecular weight is 260 g/mol. The van der Waals surface area contributed by atoms with Crippen molar-refractivity contribution >= 4 is 5.69 Å². The van der Waals surface area contributed by atoms with E-state index in [1.165, 1.54) is 17.7 Å². The lowest BCUT2D eigenvalue weighted by Crippen LogP contribution is -2.50. The van der Waals surface area contributed by atoms with Crippen LogP contribution in [0.5, 0.6) is 0 Å². The molecule has 1 atom stereocenters. The molecule has 1 aromatic rings. The van der Waals surface area contributed by atoms with E-state index < -0.39 is 0 Å². The van der Waals surface area contributed by atoms with E-state index >= 15 is 0 Å². The maximum atomic E-state index is 3.47. The highest BCUT2D eigenvalue weighted by atomic mass is 15.3. The number of benzene rings is 1. The molecule has 0 amide bonds. The first-order valence-corrected chi connectivity index (χ1v) is 7.33. The molecule has 1 aromatic carbocycles. The summed E-state index contributed by atoms with van der Waals surface area (Å²) in [5.41, 5.74) is 3.19. The molecule has 1 aliphatic heterocycles. The summed E-state index contributed by atoms with van der Waals surface area (Å²) in [6, 6.07) is 9.43. The first-order chi connectivity index (χ1) is 8.78. The van der Waals surface area contributed by atoms with Crippen molar-refractivity contribution in [2.75, 3.05) is 18.5 Å². The van der Waals surface area contributed by atoms with Crippen LogP contribution in [-0.4, -0.2) is 25.2 Å². The Balaban J connectivity index is 2.44. The van der Waals surface area contributed by atoms with Crippen molar-refractivity contribution < 1.29 is 0 Å². The minimum absolute atomic E-state index is 0.163. The fourth-order valence-electron chi connectivity index (χ4n) is 3.36. The molecular weight excluding hydrogens is 232 g/mol. The lowest BCUT2D eigenvalue weighted by molar-refractivity contribution is 0.401. The predicted octanol–water partition coefficient (Wildman–Crippen LogP) is 3.56. The Bertz CT molecular complexity index is 443. The SMILES string of the molecule is CNC1CCN(c2ccccc2C(C)(C)C)C1(C)C. The largest absolute Gasteiger partial charge is 0.365 e. The van der Waals surface area contributed by atoms with Crippen LogP contribution in [0.4, 0.5) is 5.69 Å². The Morgan fingerprint density at radius 2 is 1.84 bits per heavy atom. The topological polar surface area (TPSA) is 15.3 Å². The summed E-state index contributed by atoms with van der Waals surface area (Å²) in [6.45, 7) is 12.7. The number of nitrogens with one attached hydrogen (secondary N) is 1. The van der Waals surface area contributed by atoms with Gasteiger partial charge in [0.15, 0.2) is 0 Å². The minimum Gasteiger partial charge on any atom is -0.365 e. The molecule has 2 rings (SSSR count). The van der Waals surface area contributed by atoms with Crippen LogP contribution < -0.4 is 10.2 Å². The zero-order chi connectivity index (χ0) is 14.3. The van der Waals surface area contributed by atoms with E-state index in [1.807, 2.05) is 0 Å². The molecule has 0 radical (unpaired) electrons. The molecule has 2 nitrogen and oxygen atoms in total. The van der Waals surface area contributed by atoms with Gasteiger partial charge in [0.25, 0.3) is 0 Å². The van der Waals surface area contributed by atoms with Gasteiger partial charge in [0.1, 0.15) is 0 Å². The van der Waals surface area contributed by atoms with E-state index in [2.05, 4.69) is 76.1 Å². The number of anilines is 1. The van der Waals surface area contributed by atoms with Crippen LogP contribution in [0.25, 0.3) is 0 Å². The molecule has 1 fully saturated rings. The van der Waals surface area contributed by atoms with E-state index in [4.69, 9.17) is 0 Å². The quantitative estimate of drug-likeness (QED) is 0.874. The summed E-state index contributed by atoms with van der Waals surface area (Å²) >= 11 is 0. The van der Waals surface area contributed by atoms with Crippen molar-refractivity contribution in [1.82, 2.24) is 5.32 Å². The number of hydrogen-bond acceptors (Lipinski definition) is 2.